The molecule has 0 aliphatic heterocycles. The van der Waals surface area contributed by atoms with Gasteiger partial charge in [-0.2, -0.15) is 9.78 Å². The molecule has 0 atom stereocenters. The maximum Gasteiger partial charge on any atom is 0.293 e. The first-order valence-electron chi connectivity index (χ1n) is 10.9. The standard InChI is InChI=1S/C25H20N8O2S/c26-23-24(31-35-30-23)33-21(16-36-20-9-5-2-6-10-20)22(28-32-33)25(34)29-27-15-17-11-13-19(14-12-17)18-7-3-1-4-8-18/h1-15H,16H2,(H2,26,30)(H,29,34). The van der Waals surface area contributed by atoms with Gasteiger partial charge < -0.3 is 5.73 Å². The van der Waals surface area contributed by atoms with E-state index in [4.69, 9.17) is 10.4 Å². The lowest BCUT2D eigenvalue weighted by molar-refractivity contribution is 0.0949. The van der Waals surface area contributed by atoms with E-state index in [-0.39, 0.29) is 17.3 Å². The summed E-state index contributed by atoms with van der Waals surface area (Å²) in [6, 6.07) is 27.7. The fourth-order valence-electron chi connectivity index (χ4n) is 3.39. The molecule has 0 aliphatic carbocycles. The average molecular weight is 497 g/mol. The lowest BCUT2D eigenvalue weighted by Crippen LogP contribution is -2.20. The molecule has 0 fully saturated rings. The number of nitrogen functional groups attached to an aromatic ring is 1. The second-order valence-corrected chi connectivity index (χ2v) is 8.61. The molecule has 2 aromatic heterocycles. The summed E-state index contributed by atoms with van der Waals surface area (Å²) in [6.07, 6.45) is 1.56. The van der Waals surface area contributed by atoms with Crippen molar-refractivity contribution in [2.75, 3.05) is 5.73 Å². The molecule has 5 aromatic rings. The summed E-state index contributed by atoms with van der Waals surface area (Å²) in [7, 11) is 0. The Morgan fingerprint density at radius 2 is 1.67 bits per heavy atom. The zero-order valence-electron chi connectivity index (χ0n) is 18.9. The molecule has 0 bridgehead atoms. The van der Waals surface area contributed by atoms with Crippen molar-refractivity contribution in [3.05, 3.63) is 102 Å². The highest BCUT2D eigenvalue weighted by Crippen LogP contribution is 2.26. The molecular weight excluding hydrogens is 476 g/mol. The molecule has 2 heterocycles. The van der Waals surface area contributed by atoms with Crippen LogP contribution in [0.15, 0.2) is 99.6 Å². The van der Waals surface area contributed by atoms with Gasteiger partial charge in [0.2, 0.25) is 11.6 Å². The number of thioether (sulfide) groups is 1. The van der Waals surface area contributed by atoms with Gasteiger partial charge in [0.1, 0.15) is 0 Å². The number of nitrogens with zero attached hydrogens (tertiary/aromatic N) is 6. The van der Waals surface area contributed by atoms with E-state index in [0.717, 1.165) is 21.6 Å². The average Bonchev–Trinajstić information content (AvgIpc) is 3.54. The van der Waals surface area contributed by atoms with Gasteiger partial charge in [0, 0.05) is 10.6 Å². The van der Waals surface area contributed by atoms with Gasteiger partial charge in [0.15, 0.2) is 5.69 Å². The largest absolute Gasteiger partial charge is 0.378 e. The fourth-order valence-corrected chi connectivity index (χ4v) is 4.31. The van der Waals surface area contributed by atoms with Gasteiger partial charge in [-0.3, -0.25) is 4.79 Å². The predicted octanol–water partition coefficient (Wildman–Crippen LogP) is 3.96. The third kappa shape index (κ3) is 5.15. The number of anilines is 1. The molecule has 0 saturated heterocycles. The quantitative estimate of drug-likeness (QED) is 0.187. The Kier molecular flexibility index (Phi) is 6.81. The number of carbonyl (C=O) groups is 1. The third-order valence-electron chi connectivity index (χ3n) is 5.19. The Balaban J connectivity index is 1.32. The molecule has 0 spiro atoms. The Morgan fingerprint density at radius 1 is 0.972 bits per heavy atom. The van der Waals surface area contributed by atoms with E-state index in [0.29, 0.717) is 11.4 Å². The highest BCUT2D eigenvalue weighted by atomic mass is 32.2. The third-order valence-corrected chi connectivity index (χ3v) is 6.21. The number of hydrazone groups is 1. The number of nitrogens with one attached hydrogen (secondary N) is 1. The van der Waals surface area contributed by atoms with Crippen LogP contribution < -0.4 is 11.2 Å². The Bertz CT molecular complexity index is 1480. The van der Waals surface area contributed by atoms with Crippen LogP contribution in [0.5, 0.6) is 0 Å². The van der Waals surface area contributed by atoms with Crippen LogP contribution >= 0.6 is 11.8 Å². The van der Waals surface area contributed by atoms with Gasteiger partial charge in [0.25, 0.3) is 5.91 Å². The SMILES string of the molecule is Nc1nonc1-n1nnc(C(=O)NN=Cc2ccc(-c3ccccc3)cc2)c1CSc1ccccc1. The molecule has 3 N–H and O–H groups in total. The van der Waals surface area contributed by atoms with Crippen molar-refractivity contribution >= 4 is 29.7 Å². The van der Waals surface area contributed by atoms with Gasteiger partial charge in [-0.15, -0.1) is 16.9 Å². The maximum absolute atomic E-state index is 12.9. The molecule has 0 saturated carbocycles. The number of benzene rings is 3. The molecule has 10 nitrogen and oxygen atoms in total. The highest BCUT2D eigenvalue weighted by Gasteiger charge is 2.24. The lowest BCUT2D eigenvalue weighted by Gasteiger charge is -2.06. The van der Waals surface area contributed by atoms with Crippen molar-refractivity contribution in [1.82, 2.24) is 30.7 Å². The molecule has 3 aromatic carbocycles. The van der Waals surface area contributed by atoms with Crippen LogP contribution in [-0.2, 0) is 5.75 Å². The van der Waals surface area contributed by atoms with Crippen molar-refractivity contribution in [3.8, 4) is 16.9 Å². The first-order valence-corrected chi connectivity index (χ1v) is 11.9. The van der Waals surface area contributed by atoms with Crippen LogP contribution in [0.25, 0.3) is 16.9 Å². The molecule has 0 radical (unpaired) electrons. The summed E-state index contributed by atoms with van der Waals surface area (Å²) in [5.41, 5.74) is 12.0. The first kappa shape index (κ1) is 23.0. The van der Waals surface area contributed by atoms with Gasteiger partial charge in [-0.05, 0) is 39.1 Å². The molecule has 11 heteroatoms. The molecule has 178 valence electrons. The molecule has 1 amide bonds. The van der Waals surface area contributed by atoms with E-state index in [2.05, 4.69) is 31.2 Å². The molecule has 36 heavy (non-hydrogen) atoms. The Labute approximate surface area is 210 Å². The van der Waals surface area contributed by atoms with Gasteiger partial charge >= 0.3 is 0 Å². The van der Waals surface area contributed by atoms with Crippen LogP contribution in [0.3, 0.4) is 0 Å². The number of aromatic nitrogens is 5. The van der Waals surface area contributed by atoms with Crippen LogP contribution in [0.4, 0.5) is 5.82 Å². The fraction of sp³-hybridized carbons (Fsp3) is 0.0400. The van der Waals surface area contributed by atoms with Gasteiger partial charge in [-0.25, -0.2) is 10.1 Å². The van der Waals surface area contributed by atoms with Crippen molar-refractivity contribution in [2.24, 2.45) is 5.10 Å². The van der Waals surface area contributed by atoms with Crippen molar-refractivity contribution in [1.29, 1.82) is 0 Å². The minimum absolute atomic E-state index is 0.0368. The van der Waals surface area contributed by atoms with Crippen LogP contribution in [-0.4, -0.2) is 37.4 Å². The summed E-state index contributed by atoms with van der Waals surface area (Å²) in [4.78, 5) is 13.9. The number of carbonyl (C=O) groups excluding carboxylic acids is 1. The summed E-state index contributed by atoms with van der Waals surface area (Å²) in [5, 5.41) is 19.6. The van der Waals surface area contributed by atoms with Crippen molar-refractivity contribution in [3.63, 3.8) is 0 Å². The summed E-state index contributed by atoms with van der Waals surface area (Å²) in [5.74, 6) is 0.0515. The smallest absolute Gasteiger partial charge is 0.293 e. The minimum atomic E-state index is -0.517. The monoisotopic (exact) mass is 496 g/mol. The summed E-state index contributed by atoms with van der Waals surface area (Å²) in [6.45, 7) is 0. The van der Waals surface area contributed by atoms with E-state index >= 15 is 0 Å². The van der Waals surface area contributed by atoms with E-state index < -0.39 is 5.91 Å². The van der Waals surface area contributed by atoms with E-state index in [1.807, 2.05) is 84.9 Å². The number of hydrogen-bond acceptors (Lipinski definition) is 9. The number of nitrogens with two attached hydrogens (primary N) is 1. The first-order chi connectivity index (χ1) is 17.7. The molecule has 0 unspecified atom stereocenters. The van der Waals surface area contributed by atoms with Crippen LogP contribution in [0, 0.1) is 0 Å². The highest BCUT2D eigenvalue weighted by molar-refractivity contribution is 7.98. The number of amides is 1. The zero-order chi connectivity index (χ0) is 24.7. The molecule has 5 rings (SSSR count). The molecule has 0 aliphatic rings. The van der Waals surface area contributed by atoms with Crippen molar-refractivity contribution in [2.45, 2.75) is 10.6 Å². The van der Waals surface area contributed by atoms with Gasteiger partial charge in [-0.1, -0.05) is 78.0 Å². The second-order valence-electron chi connectivity index (χ2n) is 7.56. The number of hydrogen-bond donors (Lipinski definition) is 2. The molecular formula is C25H20N8O2S. The Morgan fingerprint density at radius 3 is 2.36 bits per heavy atom. The van der Waals surface area contributed by atoms with E-state index in [1.54, 1.807) is 6.21 Å². The van der Waals surface area contributed by atoms with Crippen LogP contribution in [0.2, 0.25) is 0 Å². The maximum atomic E-state index is 12.9. The van der Waals surface area contributed by atoms with E-state index in [1.165, 1.54) is 16.4 Å². The summed E-state index contributed by atoms with van der Waals surface area (Å²) >= 11 is 1.51. The second kappa shape index (κ2) is 10.7. The lowest BCUT2D eigenvalue weighted by atomic mass is 10.0. The topological polar surface area (TPSA) is 137 Å². The zero-order valence-corrected chi connectivity index (χ0v) is 19.7. The predicted molar refractivity (Wildman–Crippen MR) is 137 cm³/mol. The van der Waals surface area contributed by atoms with Gasteiger partial charge in [0.05, 0.1) is 11.9 Å². The normalized spacial score (nSPS) is 11.1. The Hall–Kier alpha value is -4.77. The van der Waals surface area contributed by atoms with Crippen LogP contribution in [0.1, 0.15) is 21.7 Å². The minimum Gasteiger partial charge on any atom is -0.378 e. The van der Waals surface area contributed by atoms with Crippen molar-refractivity contribution < 1.29 is 9.42 Å². The number of rotatable bonds is 8. The van der Waals surface area contributed by atoms with E-state index in [9.17, 15) is 4.79 Å². The summed E-state index contributed by atoms with van der Waals surface area (Å²) < 4.78 is 6.04.